The maximum absolute atomic E-state index is 10.9. The summed E-state index contributed by atoms with van der Waals surface area (Å²) in [4.78, 5) is 20.7. The van der Waals surface area contributed by atoms with Gasteiger partial charge in [0, 0.05) is 13.1 Å². The normalized spacial score (nSPS) is 18.4. The van der Waals surface area contributed by atoms with Crippen molar-refractivity contribution < 1.29 is 9.90 Å². The summed E-state index contributed by atoms with van der Waals surface area (Å²) in [5.74, 6) is -0.157. The number of carboxylic acid groups (broad SMARTS) is 1. The summed E-state index contributed by atoms with van der Waals surface area (Å²) in [7, 11) is 0. The number of carboxylic acids is 1. The van der Waals surface area contributed by atoms with Crippen LogP contribution in [0, 0.1) is 5.41 Å². The number of hydrogen-bond acceptors (Lipinski definition) is 4. The molecule has 2 heterocycles. The lowest BCUT2D eigenvalue weighted by atomic mass is 9.82. The van der Waals surface area contributed by atoms with Crippen molar-refractivity contribution in [3.05, 3.63) is 17.5 Å². The van der Waals surface area contributed by atoms with E-state index in [4.69, 9.17) is 16.7 Å². The summed E-state index contributed by atoms with van der Waals surface area (Å²) < 4.78 is 0. The Balaban J connectivity index is 2.09. The number of anilines is 1. The van der Waals surface area contributed by atoms with Crippen LogP contribution in [-0.2, 0) is 4.79 Å². The smallest absolute Gasteiger partial charge is 0.312 e. The van der Waals surface area contributed by atoms with E-state index in [1.807, 2.05) is 4.90 Å². The van der Waals surface area contributed by atoms with Crippen molar-refractivity contribution in [3.8, 4) is 0 Å². The van der Waals surface area contributed by atoms with Gasteiger partial charge in [-0.1, -0.05) is 11.6 Å². The maximum Gasteiger partial charge on any atom is 0.312 e. The minimum Gasteiger partial charge on any atom is -0.481 e. The van der Waals surface area contributed by atoms with Crippen LogP contribution in [0.5, 0.6) is 0 Å². The van der Waals surface area contributed by atoms with Crippen LogP contribution in [0.15, 0.2) is 12.4 Å². The van der Waals surface area contributed by atoms with Crippen molar-refractivity contribution >= 4 is 23.4 Å². The fourth-order valence-electron chi connectivity index (χ4n) is 1.58. The molecule has 2 rings (SSSR count). The van der Waals surface area contributed by atoms with E-state index in [9.17, 15) is 4.79 Å². The molecule has 0 aliphatic carbocycles. The van der Waals surface area contributed by atoms with Gasteiger partial charge in [-0.05, 0) is 6.92 Å². The summed E-state index contributed by atoms with van der Waals surface area (Å²) in [5.41, 5.74) is -0.677. The summed E-state index contributed by atoms with van der Waals surface area (Å²) in [6, 6.07) is 0. The molecule has 0 atom stereocenters. The van der Waals surface area contributed by atoms with Crippen molar-refractivity contribution in [3.63, 3.8) is 0 Å². The van der Waals surface area contributed by atoms with E-state index >= 15 is 0 Å². The molecule has 1 aromatic heterocycles. The molecule has 1 saturated heterocycles. The first-order chi connectivity index (χ1) is 7.01. The molecule has 1 aliphatic heterocycles. The topological polar surface area (TPSA) is 66.3 Å². The number of aliphatic carboxylic acids is 1. The average Bonchev–Trinajstić information content (AvgIpc) is 2.12. The fourth-order valence-corrected chi connectivity index (χ4v) is 1.72. The Bertz CT molecular complexity index is 404. The van der Waals surface area contributed by atoms with E-state index in [0.717, 1.165) is 0 Å². The molecule has 5 nitrogen and oxygen atoms in total. The Morgan fingerprint density at radius 3 is 2.80 bits per heavy atom. The zero-order chi connectivity index (χ0) is 11.1. The van der Waals surface area contributed by atoms with Crippen LogP contribution >= 0.6 is 11.6 Å². The highest BCUT2D eigenvalue weighted by Gasteiger charge is 2.46. The van der Waals surface area contributed by atoms with E-state index in [1.54, 1.807) is 13.1 Å². The van der Waals surface area contributed by atoms with Gasteiger partial charge in [0.2, 0.25) is 0 Å². The monoisotopic (exact) mass is 227 g/mol. The third-order valence-electron chi connectivity index (χ3n) is 2.51. The van der Waals surface area contributed by atoms with Crippen LogP contribution in [0.1, 0.15) is 6.92 Å². The standard InChI is InChI=1S/C9H10ClN3O2/c1-9(8(14)15)4-13(5-9)7-3-11-2-6(10)12-7/h2-3H,4-5H2,1H3,(H,14,15). The molecule has 15 heavy (non-hydrogen) atoms. The molecule has 6 heteroatoms. The van der Waals surface area contributed by atoms with Gasteiger partial charge in [0.15, 0.2) is 0 Å². The number of aromatic nitrogens is 2. The molecule has 0 aromatic carbocycles. The van der Waals surface area contributed by atoms with Crippen LogP contribution in [0.25, 0.3) is 0 Å². The molecule has 1 aromatic rings. The summed E-state index contributed by atoms with van der Waals surface area (Å²) >= 11 is 5.69. The summed E-state index contributed by atoms with van der Waals surface area (Å²) in [6.45, 7) is 2.60. The molecule has 1 fully saturated rings. The first-order valence-electron chi connectivity index (χ1n) is 4.47. The van der Waals surface area contributed by atoms with Gasteiger partial charge in [0.05, 0.1) is 17.8 Å². The van der Waals surface area contributed by atoms with E-state index in [-0.39, 0.29) is 0 Å². The van der Waals surface area contributed by atoms with Gasteiger partial charge in [0.1, 0.15) is 11.0 Å². The molecule has 0 saturated carbocycles. The third kappa shape index (κ3) is 1.74. The van der Waals surface area contributed by atoms with Gasteiger partial charge in [-0.2, -0.15) is 0 Å². The van der Waals surface area contributed by atoms with E-state index in [0.29, 0.717) is 24.1 Å². The van der Waals surface area contributed by atoms with Gasteiger partial charge in [-0.15, -0.1) is 0 Å². The summed E-state index contributed by atoms with van der Waals surface area (Å²) in [5, 5.41) is 9.24. The second-order valence-corrected chi connectivity index (χ2v) is 4.31. The number of nitrogens with zero attached hydrogens (tertiary/aromatic N) is 3. The van der Waals surface area contributed by atoms with Gasteiger partial charge in [0.25, 0.3) is 0 Å². The van der Waals surface area contributed by atoms with Crippen LogP contribution in [0.2, 0.25) is 5.15 Å². The number of carbonyl (C=O) groups is 1. The Labute approximate surface area is 91.7 Å². The second-order valence-electron chi connectivity index (χ2n) is 3.92. The maximum atomic E-state index is 10.9. The highest BCUT2D eigenvalue weighted by atomic mass is 35.5. The molecule has 1 aliphatic rings. The third-order valence-corrected chi connectivity index (χ3v) is 2.69. The fraction of sp³-hybridized carbons (Fsp3) is 0.444. The Kier molecular flexibility index (Phi) is 2.26. The van der Waals surface area contributed by atoms with Crippen molar-refractivity contribution in [2.75, 3.05) is 18.0 Å². The molecule has 0 bridgehead atoms. The molecule has 0 radical (unpaired) electrons. The molecule has 80 valence electrons. The lowest BCUT2D eigenvalue weighted by Gasteiger charge is -2.45. The molecule has 0 amide bonds. The highest BCUT2D eigenvalue weighted by Crippen LogP contribution is 2.33. The van der Waals surface area contributed by atoms with Crippen molar-refractivity contribution in [1.29, 1.82) is 0 Å². The molecule has 0 unspecified atom stereocenters. The molecular weight excluding hydrogens is 218 g/mol. The van der Waals surface area contributed by atoms with Crippen molar-refractivity contribution in [1.82, 2.24) is 9.97 Å². The van der Waals surface area contributed by atoms with Crippen molar-refractivity contribution in [2.24, 2.45) is 5.41 Å². The SMILES string of the molecule is CC1(C(=O)O)CN(c2cncc(Cl)n2)C1. The predicted molar refractivity (Wildman–Crippen MR) is 55.0 cm³/mol. The van der Waals surface area contributed by atoms with Gasteiger partial charge in [-0.3, -0.25) is 9.78 Å². The molecule has 1 N–H and O–H groups in total. The van der Waals surface area contributed by atoms with Gasteiger partial charge in [-0.25, -0.2) is 4.98 Å². The zero-order valence-corrected chi connectivity index (χ0v) is 8.90. The lowest BCUT2D eigenvalue weighted by Crippen LogP contribution is -2.59. The Morgan fingerprint density at radius 2 is 2.27 bits per heavy atom. The largest absolute Gasteiger partial charge is 0.481 e. The number of hydrogen-bond donors (Lipinski definition) is 1. The molecular formula is C9H10ClN3O2. The average molecular weight is 228 g/mol. The van der Waals surface area contributed by atoms with E-state index in [1.165, 1.54) is 6.20 Å². The number of rotatable bonds is 2. The first-order valence-corrected chi connectivity index (χ1v) is 4.85. The van der Waals surface area contributed by atoms with Crippen LogP contribution in [0.4, 0.5) is 5.82 Å². The van der Waals surface area contributed by atoms with Crippen LogP contribution in [-0.4, -0.2) is 34.1 Å². The van der Waals surface area contributed by atoms with Crippen LogP contribution in [0.3, 0.4) is 0 Å². The minimum atomic E-state index is -0.784. The minimum absolute atomic E-state index is 0.316. The second kappa shape index (κ2) is 3.34. The quantitative estimate of drug-likeness (QED) is 0.818. The van der Waals surface area contributed by atoms with E-state index in [2.05, 4.69) is 9.97 Å². The highest BCUT2D eigenvalue weighted by molar-refractivity contribution is 6.29. The summed E-state index contributed by atoms with van der Waals surface area (Å²) in [6.07, 6.45) is 3.02. The first kappa shape index (κ1) is 10.2. The zero-order valence-electron chi connectivity index (χ0n) is 8.14. The molecule has 0 spiro atoms. The predicted octanol–water partition coefficient (Wildman–Crippen LogP) is 1.04. The van der Waals surface area contributed by atoms with Gasteiger partial charge < -0.3 is 10.0 Å². The van der Waals surface area contributed by atoms with Crippen LogP contribution < -0.4 is 4.90 Å². The lowest BCUT2D eigenvalue weighted by molar-refractivity contribution is -0.149. The van der Waals surface area contributed by atoms with Crippen molar-refractivity contribution in [2.45, 2.75) is 6.92 Å². The van der Waals surface area contributed by atoms with E-state index < -0.39 is 11.4 Å². The Morgan fingerprint density at radius 1 is 1.60 bits per heavy atom. The Hall–Kier alpha value is -1.36. The van der Waals surface area contributed by atoms with Gasteiger partial charge >= 0.3 is 5.97 Å². The number of halogens is 1.